The SMILES string of the molecule is O/N=C/c1nccc2cc(O)ccc12. The molecule has 0 radical (unpaired) electrons. The van der Waals surface area contributed by atoms with Crippen LogP contribution in [0.3, 0.4) is 0 Å². The Bertz CT molecular complexity index is 494. The first-order valence-corrected chi connectivity index (χ1v) is 4.06. The highest BCUT2D eigenvalue weighted by atomic mass is 16.4. The van der Waals surface area contributed by atoms with Gasteiger partial charge in [0.2, 0.25) is 0 Å². The van der Waals surface area contributed by atoms with Crippen molar-refractivity contribution in [1.29, 1.82) is 0 Å². The Balaban J connectivity index is 2.74. The molecule has 70 valence electrons. The van der Waals surface area contributed by atoms with Gasteiger partial charge >= 0.3 is 0 Å². The minimum absolute atomic E-state index is 0.204. The third kappa shape index (κ3) is 1.37. The van der Waals surface area contributed by atoms with Crippen LogP contribution < -0.4 is 0 Å². The highest BCUT2D eigenvalue weighted by molar-refractivity contribution is 5.97. The molecule has 14 heavy (non-hydrogen) atoms. The molecular formula is C10H8N2O2. The summed E-state index contributed by atoms with van der Waals surface area (Å²) in [6, 6.07) is 6.71. The number of phenols is 1. The highest BCUT2D eigenvalue weighted by Gasteiger charge is 2.00. The fraction of sp³-hybridized carbons (Fsp3) is 0. The molecule has 1 aromatic heterocycles. The van der Waals surface area contributed by atoms with E-state index < -0.39 is 0 Å². The van der Waals surface area contributed by atoms with Crippen molar-refractivity contribution in [2.24, 2.45) is 5.16 Å². The monoisotopic (exact) mass is 188 g/mol. The molecule has 1 aromatic carbocycles. The number of nitrogens with zero attached hydrogens (tertiary/aromatic N) is 2. The summed E-state index contributed by atoms with van der Waals surface area (Å²) in [5, 5.41) is 22.3. The van der Waals surface area contributed by atoms with Crippen molar-refractivity contribution in [3.8, 4) is 5.75 Å². The van der Waals surface area contributed by atoms with Gasteiger partial charge in [0.05, 0.1) is 11.9 Å². The van der Waals surface area contributed by atoms with E-state index in [4.69, 9.17) is 5.21 Å². The van der Waals surface area contributed by atoms with Crippen molar-refractivity contribution < 1.29 is 10.3 Å². The summed E-state index contributed by atoms with van der Waals surface area (Å²) < 4.78 is 0. The smallest absolute Gasteiger partial charge is 0.116 e. The summed E-state index contributed by atoms with van der Waals surface area (Å²) in [6.07, 6.45) is 2.86. The van der Waals surface area contributed by atoms with E-state index in [2.05, 4.69) is 10.1 Å². The first kappa shape index (κ1) is 8.50. The van der Waals surface area contributed by atoms with Crippen molar-refractivity contribution in [2.45, 2.75) is 0 Å². The molecular weight excluding hydrogens is 180 g/mol. The molecule has 2 aromatic rings. The standard InChI is InChI=1S/C10H8N2O2/c13-8-1-2-9-7(5-8)3-4-11-10(9)6-12-14/h1-6,13-14H/b12-6+. The van der Waals surface area contributed by atoms with Gasteiger partial charge in [-0.25, -0.2) is 0 Å². The van der Waals surface area contributed by atoms with Gasteiger partial charge in [-0.2, -0.15) is 0 Å². The quantitative estimate of drug-likeness (QED) is 0.407. The number of phenolic OH excluding ortho intramolecular Hbond substituents is 1. The Kier molecular flexibility index (Phi) is 2.02. The van der Waals surface area contributed by atoms with Gasteiger partial charge in [-0.1, -0.05) is 5.16 Å². The lowest BCUT2D eigenvalue weighted by atomic mass is 10.1. The van der Waals surface area contributed by atoms with Gasteiger partial charge in [0.25, 0.3) is 0 Å². The third-order valence-electron chi connectivity index (χ3n) is 1.96. The van der Waals surface area contributed by atoms with Gasteiger partial charge in [-0.15, -0.1) is 0 Å². The van der Waals surface area contributed by atoms with E-state index in [1.54, 1.807) is 30.5 Å². The number of oxime groups is 1. The number of aromatic hydroxyl groups is 1. The molecule has 0 saturated carbocycles. The molecule has 0 fully saturated rings. The Morgan fingerprint density at radius 3 is 2.93 bits per heavy atom. The van der Waals surface area contributed by atoms with Crippen LogP contribution in [0.4, 0.5) is 0 Å². The van der Waals surface area contributed by atoms with Crippen LogP contribution in [0, 0.1) is 0 Å². The second-order valence-corrected chi connectivity index (χ2v) is 2.85. The van der Waals surface area contributed by atoms with Gasteiger partial charge in [0.15, 0.2) is 0 Å². The molecule has 0 aliphatic rings. The molecule has 1 heterocycles. The zero-order valence-corrected chi connectivity index (χ0v) is 7.25. The summed E-state index contributed by atoms with van der Waals surface area (Å²) in [5.74, 6) is 0.204. The first-order valence-electron chi connectivity index (χ1n) is 4.06. The second-order valence-electron chi connectivity index (χ2n) is 2.85. The molecule has 4 heteroatoms. The average molecular weight is 188 g/mol. The van der Waals surface area contributed by atoms with Crippen LogP contribution in [-0.4, -0.2) is 21.5 Å². The minimum Gasteiger partial charge on any atom is -0.508 e. The molecule has 0 bridgehead atoms. The van der Waals surface area contributed by atoms with Crippen molar-refractivity contribution in [2.75, 3.05) is 0 Å². The fourth-order valence-electron chi connectivity index (χ4n) is 1.35. The lowest BCUT2D eigenvalue weighted by Crippen LogP contribution is -1.88. The molecule has 0 aliphatic heterocycles. The number of hydrogen-bond donors (Lipinski definition) is 2. The summed E-state index contributed by atoms with van der Waals surface area (Å²) in [6.45, 7) is 0. The van der Waals surface area contributed by atoms with Crippen LogP contribution in [0.5, 0.6) is 5.75 Å². The summed E-state index contributed by atoms with van der Waals surface area (Å²) in [7, 11) is 0. The maximum atomic E-state index is 9.25. The predicted octanol–water partition coefficient (Wildman–Crippen LogP) is 1.75. The molecule has 0 atom stereocenters. The number of pyridine rings is 1. The molecule has 0 aliphatic carbocycles. The van der Waals surface area contributed by atoms with Crippen molar-refractivity contribution in [3.05, 3.63) is 36.2 Å². The molecule has 0 amide bonds. The third-order valence-corrected chi connectivity index (χ3v) is 1.96. The van der Waals surface area contributed by atoms with Crippen LogP contribution in [-0.2, 0) is 0 Å². The Labute approximate surface area is 80.1 Å². The highest BCUT2D eigenvalue weighted by Crippen LogP contribution is 2.20. The minimum atomic E-state index is 0.204. The molecule has 0 saturated heterocycles. The summed E-state index contributed by atoms with van der Waals surface area (Å²) in [5.41, 5.74) is 0.574. The Morgan fingerprint density at radius 1 is 1.29 bits per heavy atom. The number of benzene rings is 1. The van der Waals surface area contributed by atoms with Crippen LogP contribution in [0.25, 0.3) is 10.8 Å². The van der Waals surface area contributed by atoms with E-state index in [0.29, 0.717) is 5.69 Å². The van der Waals surface area contributed by atoms with E-state index in [0.717, 1.165) is 10.8 Å². The van der Waals surface area contributed by atoms with Crippen molar-refractivity contribution >= 4 is 17.0 Å². The van der Waals surface area contributed by atoms with E-state index >= 15 is 0 Å². The maximum absolute atomic E-state index is 9.25. The molecule has 0 unspecified atom stereocenters. The number of fused-ring (bicyclic) bond motifs is 1. The van der Waals surface area contributed by atoms with Gasteiger partial charge < -0.3 is 10.3 Å². The molecule has 0 spiro atoms. The molecule has 2 rings (SSSR count). The largest absolute Gasteiger partial charge is 0.508 e. The first-order chi connectivity index (χ1) is 6.81. The fourth-order valence-corrected chi connectivity index (χ4v) is 1.35. The van der Waals surface area contributed by atoms with E-state index in [1.807, 2.05) is 0 Å². The number of aromatic nitrogens is 1. The Morgan fingerprint density at radius 2 is 2.14 bits per heavy atom. The lowest BCUT2D eigenvalue weighted by molar-refractivity contribution is 0.321. The average Bonchev–Trinajstić information content (AvgIpc) is 2.18. The van der Waals surface area contributed by atoms with E-state index in [1.165, 1.54) is 6.21 Å². The predicted molar refractivity (Wildman–Crippen MR) is 52.8 cm³/mol. The van der Waals surface area contributed by atoms with Gasteiger partial charge in [-0.05, 0) is 29.7 Å². The summed E-state index contributed by atoms with van der Waals surface area (Å²) >= 11 is 0. The van der Waals surface area contributed by atoms with Crippen LogP contribution in [0.2, 0.25) is 0 Å². The van der Waals surface area contributed by atoms with Crippen LogP contribution >= 0.6 is 0 Å². The van der Waals surface area contributed by atoms with Crippen molar-refractivity contribution in [3.63, 3.8) is 0 Å². The normalized spacial score (nSPS) is 11.1. The lowest BCUT2D eigenvalue weighted by Gasteiger charge is -2.00. The number of hydrogen-bond acceptors (Lipinski definition) is 4. The van der Waals surface area contributed by atoms with E-state index in [-0.39, 0.29) is 5.75 Å². The zero-order valence-electron chi connectivity index (χ0n) is 7.25. The van der Waals surface area contributed by atoms with Gasteiger partial charge in [-0.3, -0.25) is 4.98 Å². The van der Waals surface area contributed by atoms with Gasteiger partial charge in [0.1, 0.15) is 5.75 Å². The maximum Gasteiger partial charge on any atom is 0.116 e. The van der Waals surface area contributed by atoms with E-state index in [9.17, 15) is 5.11 Å². The van der Waals surface area contributed by atoms with Crippen LogP contribution in [0.1, 0.15) is 5.69 Å². The second kappa shape index (κ2) is 3.33. The Hall–Kier alpha value is -2.10. The topological polar surface area (TPSA) is 65.7 Å². The zero-order chi connectivity index (χ0) is 9.97. The summed E-state index contributed by atoms with van der Waals surface area (Å²) in [4.78, 5) is 4.04. The van der Waals surface area contributed by atoms with Crippen molar-refractivity contribution in [1.82, 2.24) is 4.98 Å². The van der Waals surface area contributed by atoms with Crippen LogP contribution in [0.15, 0.2) is 35.6 Å². The number of rotatable bonds is 1. The molecule has 2 N–H and O–H groups in total. The molecule has 4 nitrogen and oxygen atoms in total. The van der Waals surface area contributed by atoms with Gasteiger partial charge in [0, 0.05) is 11.6 Å².